The van der Waals surface area contributed by atoms with E-state index in [1.807, 2.05) is 30.3 Å². The number of fused-ring (bicyclic) bond motifs is 1. The third-order valence-corrected chi connectivity index (χ3v) is 5.38. The molecule has 0 atom stereocenters. The Morgan fingerprint density at radius 1 is 0.852 bits per heavy atom. The molecule has 0 bridgehead atoms. The number of hydrogen-bond donors (Lipinski definition) is 2. The first-order valence-corrected chi connectivity index (χ1v) is 9.09. The lowest BCUT2D eigenvalue weighted by molar-refractivity contribution is 0.287. The summed E-state index contributed by atoms with van der Waals surface area (Å²) in [4.78, 5) is 0. The molecule has 2 heterocycles. The van der Waals surface area contributed by atoms with Crippen LogP contribution >= 0.6 is 0 Å². The molecule has 131 valence electrons. The van der Waals surface area contributed by atoms with Crippen molar-refractivity contribution >= 4 is 11.0 Å². The molecule has 0 unspecified atom stereocenters. The maximum absolute atomic E-state index is 8.23. The number of rotatable bonds is 3. The van der Waals surface area contributed by atoms with Gasteiger partial charge in [-0.05, 0) is 11.1 Å². The average Bonchev–Trinajstić information content (AvgIpc) is 3.08. The normalized spacial score (nSPS) is 15.6. The summed E-state index contributed by atoms with van der Waals surface area (Å²) in [5.41, 5.74) is 11.4. The maximum atomic E-state index is 8.23. The maximum Gasteiger partial charge on any atom is 0.143 e. The number of para-hydroxylation sites is 1. The minimum atomic E-state index is -0.275. The van der Waals surface area contributed by atoms with Crippen molar-refractivity contribution in [1.82, 2.24) is 5.32 Å². The largest absolute Gasteiger partial charge is 0.455 e. The van der Waals surface area contributed by atoms with Crippen molar-refractivity contribution in [3.05, 3.63) is 90.8 Å². The van der Waals surface area contributed by atoms with Gasteiger partial charge in [-0.1, -0.05) is 72.8 Å². The van der Waals surface area contributed by atoms with Crippen molar-refractivity contribution in [3.63, 3.8) is 0 Å². The van der Waals surface area contributed by atoms with E-state index in [0.717, 1.165) is 46.5 Å². The van der Waals surface area contributed by atoms with E-state index >= 15 is 0 Å². The van der Waals surface area contributed by atoms with Gasteiger partial charge in [0.15, 0.2) is 0 Å². The van der Waals surface area contributed by atoms with Crippen LogP contribution in [0.5, 0.6) is 0 Å². The summed E-state index contributed by atoms with van der Waals surface area (Å²) in [5, 5.41) is 4.20. The number of benzene rings is 3. The van der Waals surface area contributed by atoms with Gasteiger partial charge in [-0.15, -0.1) is 0 Å². The quantitative estimate of drug-likeness (QED) is 0.573. The molecule has 1 aliphatic heterocycles. The van der Waals surface area contributed by atoms with Crippen LogP contribution in [0.15, 0.2) is 77.2 Å². The van der Waals surface area contributed by atoms with Crippen LogP contribution in [0.25, 0.3) is 33.4 Å². The number of hydrogen-bond acceptors (Lipinski definition) is 3. The molecule has 3 nitrogen and oxygen atoms in total. The summed E-state index contributed by atoms with van der Waals surface area (Å²) in [6.07, 6.45) is 0. The van der Waals surface area contributed by atoms with Gasteiger partial charge in [-0.3, -0.25) is 0 Å². The zero-order valence-electron chi connectivity index (χ0n) is 14.8. The minimum Gasteiger partial charge on any atom is -0.455 e. The molecular weight excluding hydrogens is 332 g/mol. The SMILES string of the molecule is [C]c1cccc2c(-c3ccccc3)c(-c3ccc(C4(N)CNC4)cc3)oc12. The molecule has 4 aromatic rings. The minimum absolute atomic E-state index is 0.275. The average molecular weight is 351 g/mol. The smallest absolute Gasteiger partial charge is 0.143 e. The van der Waals surface area contributed by atoms with Crippen LogP contribution in [0.2, 0.25) is 0 Å². The number of furan rings is 1. The van der Waals surface area contributed by atoms with Crippen LogP contribution in [0.4, 0.5) is 0 Å². The second-order valence-corrected chi connectivity index (χ2v) is 7.19. The Labute approximate surface area is 158 Å². The molecule has 0 amide bonds. The van der Waals surface area contributed by atoms with Gasteiger partial charge in [0.2, 0.25) is 0 Å². The molecule has 3 heteroatoms. The van der Waals surface area contributed by atoms with Gasteiger partial charge in [0.25, 0.3) is 0 Å². The van der Waals surface area contributed by atoms with E-state index in [1.165, 1.54) is 0 Å². The Balaban J connectivity index is 1.70. The van der Waals surface area contributed by atoms with Crippen molar-refractivity contribution < 1.29 is 4.42 Å². The van der Waals surface area contributed by atoms with Crippen molar-refractivity contribution in [2.75, 3.05) is 13.1 Å². The Bertz CT molecular complexity index is 1110. The van der Waals surface area contributed by atoms with Gasteiger partial charge >= 0.3 is 0 Å². The third-order valence-electron chi connectivity index (χ3n) is 5.38. The van der Waals surface area contributed by atoms with Crippen LogP contribution in [0.3, 0.4) is 0 Å². The molecule has 27 heavy (non-hydrogen) atoms. The second kappa shape index (κ2) is 6.08. The summed E-state index contributed by atoms with van der Waals surface area (Å²) in [7, 11) is 0. The van der Waals surface area contributed by atoms with Gasteiger partial charge < -0.3 is 15.5 Å². The number of nitrogens with two attached hydrogens (primary N) is 1. The molecule has 5 rings (SSSR count). The molecule has 3 N–H and O–H groups in total. The van der Waals surface area contributed by atoms with Crippen LogP contribution in [-0.2, 0) is 5.54 Å². The molecule has 0 aliphatic carbocycles. The highest BCUT2D eigenvalue weighted by Crippen LogP contribution is 2.42. The standard InChI is InChI=1S/C24H19N2O/c1-16-6-5-9-20-21(17-7-3-2-4-8-17)23(27-22(16)20)18-10-12-19(13-11-18)24(25)14-26-15-24/h2-13,26H,14-15,25H2. The highest BCUT2D eigenvalue weighted by molar-refractivity contribution is 6.02. The Hall–Kier alpha value is -2.88. The van der Waals surface area contributed by atoms with E-state index in [4.69, 9.17) is 17.1 Å². The summed E-state index contributed by atoms with van der Waals surface area (Å²) < 4.78 is 6.21. The zero-order valence-corrected chi connectivity index (χ0v) is 14.8. The lowest BCUT2D eigenvalue weighted by atomic mass is 9.85. The van der Waals surface area contributed by atoms with Crippen molar-refractivity contribution in [2.24, 2.45) is 5.73 Å². The van der Waals surface area contributed by atoms with E-state index in [1.54, 1.807) is 6.07 Å². The van der Waals surface area contributed by atoms with Crippen molar-refractivity contribution in [2.45, 2.75) is 5.54 Å². The highest BCUT2D eigenvalue weighted by Gasteiger charge is 2.34. The highest BCUT2D eigenvalue weighted by atomic mass is 16.3. The first-order valence-electron chi connectivity index (χ1n) is 9.09. The van der Waals surface area contributed by atoms with Gasteiger partial charge in [0.1, 0.15) is 11.3 Å². The fourth-order valence-electron chi connectivity index (χ4n) is 3.77. The first kappa shape index (κ1) is 16.3. The van der Waals surface area contributed by atoms with Gasteiger partial charge in [0, 0.05) is 42.1 Å². The summed E-state index contributed by atoms with van der Waals surface area (Å²) >= 11 is 0. The molecule has 1 aliphatic rings. The topological polar surface area (TPSA) is 51.2 Å². The fourth-order valence-corrected chi connectivity index (χ4v) is 3.77. The predicted octanol–water partition coefficient (Wildman–Crippen LogP) is 4.46. The van der Waals surface area contributed by atoms with E-state index < -0.39 is 0 Å². The van der Waals surface area contributed by atoms with E-state index in [2.05, 4.69) is 41.7 Å². The van der Waals surface area contributed by atoms with E-state index in [0.29, 0.717) is 11.1 Å². The summed E-state index contributed by atoms with van der Waals surface area (Å²) in [6.45, 7) is 9.83. The molecule has 1 fully saturated rings. The van der Waals surface area contributed by atoms with Gasteiger partial charge in [-0.2, -0.15) is 0 Å². The van der Waals surface area contributed by atoms with E-state index in [-0.39, 0.29) is 5.54 Å². The molecule has 1 saturated heterocycles. The predicted molar refractivity (Wildman–Crippen MR) is 108 cm³/mol. The fraction of sp³-hybridized carbons (Fsp3) is 0.125. The van der Waals surface area contributed by atoms with Crippen molar-refractivity contribution in [1.29, 1.82) is 0 Å². The molecule has 0 spiro atoms. The van der Waals surface area contributed by atoms with Gasteiger partial charge in [-0.25, -0.2) is 0 Å². The Morgan fingerprint density at radius 3 is 2.26 bits per heavy atom. The lowest BCUT2D eigenvalue weighted by Gasteiger charge is -2.39. The number of nitrogens with one attached hydrogen (secondary N) is 1. The third kappa shape index (κ3) is 2.59. The Morgan fingerprint density at radius 2 is 1.59 bits per heavy atom. The van der Waals surface area contributed by atoms with Crippen LogP contribution in [0, 0.1) is 6.92 Å². The van der Waals surface area contributed by atoms with E-state index in [9.17, 15) is 0 Å². The van der Waals surface area contributed by atoms with Gasteiger partial charge in [0.05, 0.1) is 5.54 Å². The molecular formula is C24H19N2O. The molecule has 3 aromatic carbocycles. The van der Waals surface area contributed by atoms with Crippen LogP contribution < -0.4 is 11.1 Å². The molecule has 0 saturated carbocycles. The van der Waals surface area contributed by atoms with Crippen molar-refractivity contribution in [3.8, 4) is 22.5 Å². The molecule has 1 aromatic heterocycles. The monoisotopic (exact) mass is 351 g/mol. The lowest BCUT2D eigenvalue weighted by Crippen LogP contribution is -2.62. The van der Waals surface area contributed by atoms with Crippen LogP contribution in [0.1, 0.15) is 11.1 Å². The second-order valence-electron chi connectivity index (χ2n) is 7.19. The van der Waals surface area contributed by atoms with Crippen LogP contribution in [-0.4, -0.2) is 13.1 Å². The molecule has 3 radical (unpaired) electrons. The summed E-state index contributed by atoms with van der Waals surface area (Å²) in [6, 6.07) is 24.2. The first-order chi connectivity index (χ1) is 13.2. The summed E-state index contributed by atoms with van der Waals surface area (Å²) in [5.74, 6) is 0.792. The Kier molecular flexibility index (Phi) is 3.67. The zero-order chi connectivity index (χ0) is 18.4.